The minimum atomic E-state index is -0.837. The average molecular weight is 224 g/mol. The third kappa shape index (κ3) is 2.18. The zero-order valence-electron chi connectivity index (χ0n) is 8.61. The van der Waals surface area contributed by atoms with E-state index >= 15 is 0 Å². The summed E-state index contributed by atoms with van der Waals surface area (Å²) >= 11 is 0. The van der Waals surface area contributed by atoms with Gasteiger partial charge in [-0.1, -0.05) is 0 Å². The molecule has 0 aliphatic carbocycles. The molecule has 0 spiro atoms. The standard InChI is InChI=1S/C9H12N4O3/c14-8(4-13-6-10-5-11-13)12-2-1-7(3-12)9(15)16/h5-7H,1-4H2,(H,15,16)/t7-/m1/s1. The molecule has 1 atom stereocenters. The van der Waals surface area contributed by atoms with E-state index < -0.39 is 11.9 Å². The van der Waals surface area contributed by atoms with Crippen LogP contribution in [0.5, 0.6) is 0 Å². The topological polar surface area (TPSA) is 88.3 Å². The van der Waals surface area contributed by atoms with Crippen LogP contribution in [0.3, 0.4) is 0 Å². The molecule has 0 radical (unpaired) electrons. The van der Waals surface area contributed by atoms with Gasteiger partial charge in [-0.25, -0.2) is 9.67 Å². The number of aromatic nitrogens is 3. The lowest BCUT2D eigenvalue weighted by molar-refractivity contribution is -0.141. The summed E-state index contributed by atoms with van der Waals surface area (Å²) in [6, 6.07) is 0. The van der Waals surface area contributed by atoms with Crippen molar-refractivity contribution in [2.45, 2.75) is 13.0 Å². The Morgan fingerprint density at radius 2 is 2.31 bits per heavy atom. The summed E-state index contributed by atoms with van der Waals surface area (Å²) in [5, 5.41) is 12.6. The molecule has 1 amide bonds. The quantitative estimate of drug-likeness (QED) is 0.727. The Kier molecular flexibility index (Phi) is 2.84. The maximum absolute atomic E-state index is 11.7. The fourth-order valence-electron chi connectivity index (χ4n) is 1.74. The van der Waals surface area contributed by atoms with Gasteiger partial charge >= 0.3 is 5.97 Å². The largest absolute Gasteiger partial charge is 0.481 e. The minimum Gasteiger partial charge on any atom is -0.481 e. The van der Waals surface area contributed by atoms with Crippen LogP contribution < -0.4 is 0 Å². The molecule has 2 rings (SSSR count). The van der Waals surface area contributed by atoms with Crippen molar-refractivity contribution in [2.75, 3.05) is 13.1 Å². The molecular formula is C9H12N4O3. The number of carboxylic acids is 1. The third-order valence-electron chi connectivity index (χ3n) is 2.65. The van der Waals surface area contributed by atoms with Crippen molar-refractivity contribution in [1.29, 1.82) is 0 Å². The Morgan fingerprint density at radius 1 is 1.50 bits per heavy atom. The summed E-state index contributed by atoms with van der Waals surface area (Å²) in [4.78, 5) is 27.7. The first kappa shape index (κ1) is 10.6. The van der Waals surface area contributed by atoms with Crippen LogP contribution in [0, 0.1) is 5.92 Å². The van der Waals surface area contributed by atoms with Crippen molar-refractivity contribution >= 4 is 11.9 Å². The van der Waals surface area contributed by atoms with E-state index in [1.807, 2.05) is 0 Å². The summed E-state index contributed by atoms with van der Waals surface area (Å²) in [7, 11) is 0. The third-order valence-corrected chi connectivity index (χ3v) is 2.65. The van der Waals surface area contributed by atoms with Gasteiger partial charge in [0.15, 0.2) is 0 Å². The first-order chi connectivity index (χ1) is 7.66. The predicted octanol–water partition coefficient (Wildman–Crippen LogP) is -0.789. The molecule has 7 nitrogen and oxygen atoms in total. The SMILES string of the molecule is O=C(O)[C@@H]1CCN(C(=O)Cn2cncn2)C1. The van der Waals surface area contributed by atoms with Gasteiger partial charge in [-0.3, -0.25) is 9.59 Å². The molecule has 0 unspecified atom stereocenters. The number of carbonyl (C=O) groups is 2. The lowest BCUT2D eigenvalue weighted by Crippen LogP contribution is -2.32. The number of aliphatic carboxylic acids is 1. The number of rotatable bonds is 3. The van der Waals surface area contributed by atoms with Gasteiger partial charge in [0.05, 0.1) is 5.92 Å². The molecule has 1 aliphatic heterocycles. The first-order valence-electron chi connectivity index (χ1n) is 5.00. The van der Waals surface area contributed by atoms with Gasteiger partial charge < -0.3 is 10.0 Å². The minimum absolute atomic E-state index is 0.116. The second-order valence-corrected chi connectivity index (χ2v) is 3.76. The van der Waals surface area contributed by atoms with Crippen molar-refractivity contribution in [1.82, 2.24) is 19.7 Å². The molecule has 16 heavy (non-hydrogen) atoms. The molecule has 0 aromatic carbocycles. The molecular weight excluding hydrogens is 212 g/mol. The summed E-state index contributed by atoms with van der Waals surface area (Å²) in [6.45, 7) is 0.916. The second-order valence-electron chi connectivity index (χ2n) is 3.76. The van der Waals surface area contributed by atoms with Gasteiger partial charge in [0.2, 0.25) is 5.91 Å². The van der Waals surface area contributed by atoms with Crippen molar-refractivity contribution in [3.05, 3.63) is 12.7 Å². The van der Waals surface area contributed by atoms with Crippen molar-refractivity contribution in [2.24, 2.45) is 5.92 Å². The van der Waals surface area contributed by atoms with E-state index in [0.717, 1.165) is 0 Å². The Morgan fingerprint density at radius 3 is 2.88 bits per heavy atom. The number of carbonyl (C=O) groups excluding carboxylic acids is 1. The van der Waals surface area contributed by atoms with Crippen LogP contribution >= 0.6 is 0 Å². The molecule has 1 saturated heterocycles. The highest BCUT2D eigenvalue weighted by molar-refractivity contribution is 5.78. The average Bonchev–Trinajstić information content (AvgIpc) is 2.86. The van der Waals surface area contributed by atoms with Crippen molar-refractivity contribution in [3.63, 3.8) is 0 Å². The fourth-order valence-corrected chi connectivity index (χ4v) is 1.74. The number of nitrogens with zero attached hydrogens (tertiary/aromatic N) is 4. The smallest absolute Gasteiger partial charge is 0.308 e. The Balaban J connectivity index is 1.90. The normalized spacial score (nSPS) is 20.0. The maximum Gasteiger partial charge on any atom is 0.308 e. The summed E-state index contributed by atoms with van der Waals surface area (Å²) in [5.41, 5.74) is 0. The van der Waals surface area contributed by atoms with E-state index in [-0.39, 0.29) is 12.5 Å². The summed E-state index contributed by atoms with van der Waals surface area (Å²) in [6.07, 6.45) is 3.35. The Labute approximate surface area is 91.7 Å². The summed E-state index contributed by atoms with van der Waals surface area (Å²) < 4.78 is 1.43. The molecule has 1 fully saturated rings. The number of hydrogen-bond acceptors (Lipinski definition) is 4. The van der Waals surface area contributed by atoms with Gasteiger partial charge in [-0.05, 0) is 6.42 Å². The summed E-state index contributed by atoms with van der Waals surface area (Å²) in [5.74, 6) is -1.38. The lowest BCUT2D eigenvalue weighted by atomic mass is 10.1. The molecule has 1 aromatic heterocycles. The van der Waals surface area contributed by atoms with Gasteiger partial charge in [0, 0.05) is 13.1 Å². The van der Waals surface area contributed by atoms with E-state index in [1.54, 1.807) is 4.90 Å². The Bertz CT molecular complexity index is 389. The molecule has 1 N–H and O–H groups in total. The maximum atomic E-state index is 11.7. The van der Waals surface area contributed by atoms with E-state index in [2.05, 4.69) is 10.1 Å². The number of likely N-dealkylation sites (tertiary alicyclic amines) is 1. The molecule has 7 heteroatoms. The van der Waals surface area contributed by atoms with E-state index in [1.165, 1.54) is 17.3 Å². The molecule has 1 aromatic rings. The molecule has 0 bridgehead atoms. The number of carboxylic acid groups (broad SMARTS) is 1. The van der Waals surface area contributed by atoms with Crippen LogP contribution in [0.4, 0.5) is 0 Å². The van der Waals surface area contributed by atoms with Crippen LogP contribution in [-0.4, -0.2) is 49.7 Å². The lowest BCUT2D eigenvalue weighted by Gasteiger charge is -2.15. The highest BCUT2D eigenvalue weighted by atomic mass is 16.4. The van der Waals surface area contributed by atoms with E-state index in [4.69, 9.17) is 5.11 Å². The van der Waals surface area contributed by atoms with Gasteiger partial charge in [0.1, 0.15) is 19.2 Å². The van der Waals surface area contributed by atoms with Crippen LogP contribution in [0.15, 0.2) is 12.7 Å². The van der Waals surface area contributed by atoms with Crippen molar-refractivity contribution < 1.29 is 14.7 Å². The molecule has 86 valence electrons. The van der Waals surface area contributed by atoms with E-state index in [9.17, 15) is 9.59 Å². The van der Waals surface area contributed by atoms with Crippen LogP contribution in [0.1, 0.15) is 6.42 Å². The molecule has 0 saturated carbocycles. The Hall–Kier alpha value is -1.92. The van der Waals surface area contributed by atoms with Crippen LogP contribution in [-0.2, 0) is 16.1 Å². The zero-order valence-corrected chi connectivity index (χ0v) is 8.61. The van der Waals surface area contributed by atoms with E-state index in [0.29, 0.717) is 19.5 Å². The first-order valence-corrected chi connectivity index (χ1v) is 5.00. The van der Waals surface area contributed by atoms with Crippen LogP contribution in [0.25, 0.3) is 0 Å². The fraction of sp³-hybridized carbons (Fsp3) is 0.556. The van der Waals surface area contributed by atoms with Crippen LogP contribution in [0.2, 0.25) is 0 Å². The number of amides is 1. The van der Waals surface area contributed by atoms with Crippen molar-refractivity contribution in [3.8, 4) is 0 Å². The predicted molar refractivity (Wildman–Crippen MR) is 52.3 cm³/mol. The van der Waals surface area contributed by atoms with Gasteiger partial charge in [-0.15, -0.1) is 0 Å². The van der Waals surface area contributed by atoms with Gasteiger partial charge in [-0.2, -0.15) is 5.10 Å². The highest BCUT2D eigenvalue weighted by Gasteiger charge is 2.30. The molecule has 2 heterocycles. The number of hydrogen-bond donors (Lipinski definition) is 1. The monoisotopic (exact) mass is 224 g/mol. The zero-order chi connectivity index (χ0) is 11.5. The highest BCUT2D eigenvalue weighted by Crippen LogP contribution is 2.16. The molecule has 1 aliphatic rings. The van der Waals surface area contributed by atoms with Gasteiger partial charge in [0.25, 0.3) is 0 Å². The second kappa shape index (κ2) is 4.30.